The highest BCUT2D eigenvalue weighted by atomic mass is 15.1. The average molecular weight is 277 g/mol. The summed E-state index contributed by atoms with van der Waals surface area (Å²) in [6.07, 6.45) is 9.88. The maximum Gasteiger partial charge on any atom is 0.0946 e. The lowest BCUT2D eigenvalue weighted by molar-refractivity contribution is 0.169. The van der Waals surface area contributed by atoms with Gasteiger partial charge in [0, 0.05) is 31.0 Å². The van der Waals surface area contributed by atoms with Gasteiger partial charge in [-0.3, -0.25) is 0 Å². The van der Waals surface area contributed by atoms with Gasteiger partial charge in [0.1, 0.15) is 0 Å². The van der Waals surface area contributed by atoms with E-state index in [0.29, 0.717) is 12.1 Å². The third-order valence-electron chi connectivity index (χ3n) is 4.61. The standard InChI is InChI=1S/C17H31N3/c1-13-8-14(2)10-15(9-13)19-16(17(3,4)5)11-20-7-6-18-12-20/h6-7,12-16,19H,8-11H2,1-5H3. The topological polar surface area (TPSA) is 29.9 Å². The third-order valence-corrected chi connectivity index (χ3v) is 4.61. The fraction of sp³-hybridized carbons (Fsp3) is 0.824. The summed E-state index contributed by atoms with van der Waals surface area (Å²) in [7, 11) is 0. The van der Waals surface area contributed by atoms with Crippen LogP contribution in [-0.4, -0.2) is 21.6 Å². The Morgan fingerprint density at radius 2 is 1.85 bits per heavy atom. The Kier molecular flexibility index (Phi) is 4.90. The normalized spacial score (nSPS) is 29.4. The fourth-order valence-corrected chi connectivity index (χ4v) is 3.55. The van der Waals surface area contributed by atoms with Crippen molar-refractivity contribution in [1.82, 2.24) is 14.9 Å². The van der Waals surface area contributed by atoms with Gasteiger partial charge in [-0.2, -0.15) is 0 Å². The molecule has 1 N–H and O–H groups in total. The number of nitrogens with zero attached hydrogens (tertiary/aromatic N) is 2. The highest BCUT2D eigenvalue weighted by Crippen LogP contribution is 2.30. The van der Waals surface area contributed by atoms with Gasteiger partial charge < -0.3 is 9.88 Å². The van der Waals surface area contributed by atoms with Crippen LogP contribution in [0.15, 0.2) is 18.7 Å². The van der Waals surface area contributed by atoms with E-state index in [1.165, 1.54) is 19.3 Å². The van der Waals surface area contributed by atoms with Crippen LogP contribution < -0.4 is 5.32 Å². The van der Waals surface area contributed by atoms with E-state index in [2.05, 4.69) is 55.7 Å². The molecule has 1 saturated carbocycles. The molecular formula is C17H31N3. The molecule has 1 aromatic heterocycles. The van der Waals surface area contributed by atoms with Gasteiger partial charge >= 0.3 is 0 Å². The Labute approximate surface area is 124 Å². The summed E-state index contributed by atoms with van der Waals surface area (Å²) in [5.41, 5.74) is 0.258. The van der Waals surface area contributed by atoms with Gasteiger partial charge in [0.2, 0.25) is 0 Å². The van der Waals surface area contributed by atoms with Crippen molar-refractivity contribution in [1.29, 1.82) is 0 Å². The Morgan fingerprint density at radius 1 is 1.20 bits per heavy atom. The quantitative estimate of drug-likeness (QED) is 0.909. The molecule has 0 aromatic carbocycles. The van der Waals surface area contributed by atoms with Crippen LogP contribution in [-0.2, 0) is 6.54 Å². The van der Waals surface area contributed by atoms with Crippen LogP contribution in [0.3, 0.4) is 0 Å². The van der Waals surface area contributed by atoms with Crippen LogP contribution in [0.2, 0.25) is 0 Å². The van der Waals surface area contributed by atoms with Crippen molar-refractivity contribution in [3.8, 4) is 0 Å². The van der Waals surface area contributed by atoms with E-state index in [1.54, 1.807) is 0 Å². The summed E-state index contributed by atoms with van der Waals surface area (Å²) >= 11 is 0. The fourth-order valence-electron chi connectivity index (χ4n) is 3.55. The van der Waals surface area contributed by atoms with Crippen LogP contribution in [0.1, 0.15) is 53.9 Å². The number of rotatable bonds is 4. The molecule has 114 valence electrons. The van der Waals surface area contributed by atoms with Gasteiger partial charge in [-0.1, -0.05) is 34.6 Å². The van der Waals surface area contributed by atoms with Gasteiger partial charge in [0.15, 0.2) is 0 Å². The molecule has 0 bridgehead atoms. The lowest BCUT2D eigenvalue weighted by Gasteiger charge is -2.39. The van der Waals surface area contributed by atoms with E-state index in [-0.39, 0.29) is 5.41 Å². The molecule has 1 aromatic rings. The van der Waals surface area contributed by atoms with Gasteiger partial charge in [-0.15, -0.1) is 0 Å². The molecule has 1 heterocycles. The first-order valence-corrected chi connectivity index (χ1v) is 8.06. The zero-order chi connectivity index (χ0) is 14.8. The Bertz CT molecular complexity index is 381. The van der Waals surface area contributed by atoms with Crippen LogP contribution in [0.4, 0.5) is 0 Å². The van der Waals surface area contributed by atoms with Crippen LogP contribution >= 0.6 is 0 Å². The summed E-state index contributed by atoms with van der Waals surface area (Å²) in [4.78, 5) is 4.16. The molecule has 0 saturated heterocycles. The number of hydrogen-bond donors (Lipinski definition) is 1. The van der Waals surface area contributed by atoms with E-state index in [4.69, 9.17) is 0 Å². The van der Waals surface area contributed by atoms with Crippen molar-refractivity contribution in [3.63, 3.8) is 0 Å². The number of nitrogens with one attached hydrogen (secondary N) is 1. The van der Waals surface area contributed by atoms with E-state index >= 15 is 0 Å². The number of aromatic nitrogens is 2. The number of imidazole rings is 1. The molecule has 0 aliphatic heterocycles. The zero-order valence-corrected chi connectivity index (χ0v) is 13.8. The Morgan fingerprint density at radius 3 is 2.35 bits per heavy atom. The smallest absolute Gasteiger partial charge is 0.0946 e. The molecule has 0 spiro atoms. The Hall–Kier alpha value is -0.830. The van der Waals surface area contributed by atoms with E-state index < -0.39 is 0 Å². The van der Waals surface area contributed by atoms with Crippen LogP contribution in [0, 0.1) is 17.3 Å². The first-order valence-electron chi connectivity index (χ1n) is 8.06. The second-order valence-electron chi connectivity index (χ2n) is 7.96. The maximum atomic E-state index is 4.16. The first kappa shape index (κ1) is 15.6. The van der Waals surface area contributed by atoms with Crippen molar-refractivity contribution >= 4 is 0 Å². The molecule has 1 fully saturated rings. The van der Waals surface area contributed by atoms with E-state index in [9.17, 15) is 0 Å². The van der Waals surface area contributed by atoms with Gasteiger partial charge in [0.25, 0.3) is 0 Å². The van der Waals surface area contributed by atoms with Crippen molar-refractivity contribution in [2.75, 3.05) is 0 Å². The van der Waals surface area contributed by atoms with Gasteiger partial charge in [-0.05, 0) is 36.5 Å². The Balaban J connectivity index is 2.00. The molecule has 20 heavy (non-hydrogen) atoms. The van der Waals surface area contributed by atoms with Gasteiger partial charge in [0.05, 0.1) is 6.33 Å². The molecule has 3 nitrogen and oxygen atoms in total. The third kappa shape index (κ3) is 4.34. The monoisotopic (exact) mass is 277 g/mol. The van der Waals surface area contributed by atoms with Crippen molar-refractivity contribution in [2.45, 2.75) is 72.5 Å². The minimum atomic E-state index is 0.258. The van der Waals surface area contributed by atoms with Crippen molar-refractivity contribution in [2.24, 2.45) is 17.3 Å². The summed E-state index contributed by atoms with van der Waals surface area (Å²) in [5, 5.41) is 3.95. The summed E-state index contributed by atoms with van der Waals surface area (Å²) in [6.45, 7) is 12.8. The van der Waals surface area contributed by atoms with E-state index in [1.807, 2.05) is 12.5 Å². The molecule has 1 aliphatic carbocycles. The molecular weight excluding hydrogens is 246 g/mol. The molecule has 2 rings (SSSR count). The lowest BCUT2D eigenvalue weighted by atomic mass is 9.78. The van der Waals surface area contributed by atoms with Crippen LogP contribution in [0.25, 0.3) is 0 Å². The van der Waals surface area contributed by atoms with Gasteiger partial charge in [-0.25, -0.2) is 4.98 Å². The van der Waals surface area contributed by atoms with Crippen LogP contribution in [0.5, 0.6) is 0 Å². The first-order chi connectivity index (χ1) is 9.34. The zero-order valence-electron chi connectivity index (χ0n) is 13.8. The summed E-state index contributed by atoms with van der Waals surface area (Å²) < 4.78 is 2.19. The molecule has 1 aliphatic rings. The summed E-state index contributed by atoms with van der Waals surface area (Å²) in [5.74, 6) is 1.70. The second-order valence-corrected chi connectivity index (χ2v) is 7.96. The highest BCUT2D eigenvalue weighted by Gasteiger charge is 2.30. The van der Waals surface area contributed by atoms with Crippen molar-refractivity contribution in [3.05, 3.63) is 18.7 Å². The SMILES string of the molecule is CC1CC(C)CC(NC(Cn2ccnc2)C(C)(C)C)C1. The average Bonchev–Trinajstić information content (AvgIpc) is 2.78. The predicted molar refractivity (Wildman–Crippen MR) is 84.6 cm³/mol. The molecule has 0 amide bonds. The second kappa shape index (κ2) is 6.30. The van der Waals surface area contributed by atoms with Crippen molar-refractivity contribution < 1.29 is 0 Å². The largest absolute Gasteiger partial charge is 0.336 e. The maximum absolute atomic E-state index is 4.16. The molecule has 3 atom stereocenters. The lowest BCUT2D eigenvalue weighted by Crippen LogP contribution is -2.50. The predicted octanol–water partition coefficient (Wildman–Crippen LogP) is 3.71. The minimum absolute atomic E-state index is 0.258. The summed E-state index contributed by atoms with van der Waals surface area (Å²) in [6, 6.07) is 1.15. The molecule has 3 heteroatoms. The number of hydrogen-bond acceptors (Lipinski definition) is 2. The molecule has 3 unspecified atom stereocenters. The van der Waals surface area contributed by atoms with E-state index in [0.717, 1.165) is 18.4 Å². The molecule has 0 radical (unpaired) electrons. The minimum Gasteiger partial charge on any atom is -0.336 e. The highest BCUT2D eigenvalue weighted by molar-refractivity contribution is 4.89.